The summed E-state index contributed by atoms with van der Waals surface area (Å²) < 4.78 is 1.49. The van der Waals surface area contributed by atoms with E-state index in [1.807, 2.05) is 32.0 Å². The number of phenols is 1. The average molecular weight is 420 g/mol. The van der Waals surface area contributed by atoms with Gasteiger partial charge in [-0.15, -0.1) is 0 Å². The van der Waals surface area contributed by atoms with E-state index in [1.54, 1.807) is 6.92 Å². The molecule has 4 rings (SSSR count). The van der Waals surface area contributed by atoms with Crippen LogP contribution in [0.5, 0.6) is 5.75 Å². The zero-order valence-corrected chi connectivity index (χ0v) is 17.1. The molecule has 2 heterocycles. The number of aromatic hydroxyl groups is 1. The van der Waals surface area contributed by atoms with Gasteiger partial charge in [0.15, 0.2) is 5.75 Å². The third-order valence-electron chi connectivity index (χ3n) is 5.40. The van der Waals surface area contributed by atoms with E-state index in [2.05, 4.69) is 20.7 Å². The number of carbonyl (C=O) groups is 1. The van der Waals surface area contributed by atoms with Crippen molar-refractivity contribution in [2.75, 3.05) is 10.6 Å². The normalized spacial score (nSPS) is 15.3. The lowest BCUT2D eigenvalue weighted by atomic mass is 9.94. The highest BCUT2D eigenvalue weighted by molar-refractivity contribution is 6.06. The van der Waals surface area contributed by atoms with Crippen molar-refractivity contribution in [3.8, 4) is 5.75 Å². The maximum absolute atomic E-state index is 13.4. The summed E-state index contributed by atoms with van der Waals surface area (Å²) in [6.07, 6.45) is 1.34. The summed E-state index contributed by atoms with van der Waals surface area (Å²) in [6, 6.07) is 8.86. The van der Waals surface area contributed by atoms with Crippen LogP contribution >= 0.6 is 0 Å². The summed E-state index contributed by atoms with van der Waals surface area (Å²) in [4.78, 5) is 28.2. The van der Waals surface area contributed by atoms with E-state index >= 15 is 0 Å². The van der Waals surface area contributed by atoms with Crippen LogP contribution in [-0.2, 0) is 4.79 Å². The molecular weight excluding hydrogens is 400 g/mol. The van der Waals surface area contributed by atoms with Crippen LogP contribution in [0.25, 0.3) is 0 Å². The second-order valence-electron chi connectivity index (χ2n) is 7.30. The van der Waals surface area contributed by atoms with Gasteiger partial charge in [0.1, 0.15) is 12.4 Å². The molecule has 0 saturated heterocycles. The highest BCUT2D eigenvalue weighted by Crippen LogP contribution is 2.38. The van der Waals surface area contributed by atoms with Crippen molar-refractivity contribution in [1.82, 2.24) is 14.8 Å². The van der Waals surface area contributed by atoms with Gasteiger partial charge < -0.3 is 15.7 Å². The number of carbonyl (C=O) groups excluding carboxylic acids is 1. The first kappa shape index (κ1) is 20.1. The zero-order valence-electron chi connectivity index (χ0n) is 17.1. The van der Waals surface area contributed by atoms with Gasteiger partial charge in [-0.3, -0.25) is 14.9 Å². The number of aryl methyl sites for hydroxylation is 1. The number of nitro groups is 1. The van der Waals surface area contributed by atoms with Gasteiger partial charge in [-0.1, -0.05) is 18.2 Å². The van der Waals surface area contributed by atoms with Gasteiger partial charge in [0.2, 0.25) is 5.95 Å². The molecule has 1 aromatic heterocycles. The number of rotatable bonds is 4. The number of amides is 1. The summed E-state index contributed by atoms with van der Waals surface area (Å²) in [5.74, 6) is -0.425. The number of aromatic nitrogens is 3. The van der Waals surface area contributed by atoms with Gasteiger partial charge in [-0.05, 0) is 49.6 Å². The molecule has 1 atom stereocenters. The quantitative estimate of drug-likeness (QED) is 0.434. The standard InChI is InChI=1S/C21H20N6O4/c1-11-5-4-6-15(12(11)2)25-20(29)18-13(3)24-21-22-10-23-26(21)19(18)14-7-8-17(28)16(9-14)27(30)31/h4-10,19,28H,1-3H3,(H,25,29)(H,22,23,24). The Morgan fingerprint density at radius 3 is 2.77 bits per heavy atom. The maximum atomic E-state index is 13.4. The second kappa shape index (κ2) is 7.56. The van der Waals surface area contributed by atoms with Crippen LogP contribution in [0.4, 0.5) is 17.3 Å². The van der Waals surface area contributed by atoms with E-state index in [1.165, 1.54) is 29.2 Å². The third kappa shape index (κ3) is 3.48. The van der Waals surface area contributed by atoms with Crippen molar-refractivity contribution >= 4 is 23.2 Å². The second-order valence-corrected chi connectivity index (χ2v) is 7.30. The molecule has 2 aromatic carbocycles. The van der Waals surface area contributed by atoms with E-state index in [0.29, 0.717) is 28.5 Å². The Morgan fingerprint density at radius 2 is 2.03 bits per heavy atom. The van der Waals surface area contributed by atoms with Crippen LogP contribution < -0.4 is 10.6 Å². The highest BCUT2D eigenvalue weighted by atomic mass is 16.6. The number of fused-ring (bicyclic) bond motifs is 1. The largest absolute Gasteiger partial charge is 0.502 e. The molecule has 0 saturated carbocycles. The van der Waals surface area contributed by atoms with Crippen LogP contribution in [0.1, 0.15) is 29.7 Å². The topological polar surface area (TPSA) is 135 Å². The molecule has 0 bridgehead atoms. The molecule has 0 aliphatic carbocycles. The number of phenolic OH excluding ortho intramolecular Hbond substituents is 1. The predicted molar refractivity (Wildman–Crippen MR) is 114 cm³/mol. The molecule has 3 N–H and O–H groups in total. The number of hydrogen-bond donors (Lipinski definition) is 3. The van der Waals surface area contributed by atoms with Crippen molar-refractivity contribution < 1.29 is 14.8 Å². The number of benzene rings is 2. The Hall–Kier alpha value is -4.21. The Balaban J connectivity index is 1.82. The number of hydrogen-bond acceptors (Lipinski definition) is 7. The van der Waals surface area contributed by atoms with Gasteiger partial charge in [0.05, 0.1) is 10.5 Å². The fraction of sp³-hybridized carbons (Fsp3) is 0.190. The van der Waals surface area contributed by atoms with Crippen LogP contribution in [0.15, 0.2) is 54.0 Å². The molecule has 1 aliphatic heterocycles. The lowest BCUT2D eigenvalue weighted by Gasteiger charge is -2.29. The van der Waals surface area contributed by atoms with Crippen molar-refractivity contribution in [3.63, 3.8) is 0 Å². The zero-order chi connectivity index (χ0) is 22.3. The molecule has 3 aromatic rings. The number of anilines is 2. The monoisotopic (exact) mass is 420 g/mol. The van der Waals surface area contributed by atoms with Gasteiger partial charge in [-0.2, -0.15) is 10.1 Å². The van der Waals surface area contributed by atoms with Gasteiger partial charge in [0.25, 0.3) is 5.91 Å². The van der Waals surface area contributed by atoms with Crippen molar-refractivity contribution in [2.24, 2.45) is 0 Å². The van der Waals surface area contributed by atoms with E-state index in [9.17, 15) is 20.0 Å². The van der Waals surface area contributed by atoms with Gasteiger partial charge >= 0.3 is 5.69 Å². The SMILES string of the molecule is CC1=C(C(=O)Nc2cccc(C)c2C)C(c2ccc(O)c([N+](=O)[O-])c2)n2ncnc2N1. The summed E-state index contributed by atoms with van der Waals surface area (Å²) >= 11 is 0. The molecule has 1 amide bonds. The molecule has 0 spiro atoms. The Labute approximate surface area is 177 Å². The predicted octanol–water partition coefficient (Wildman–Crippen LogP) is 3.44. The Kier molecular flexibility index (Phi) is 4.90. The molecule has 0 fully saturated rings. The van der Waals surface area contributed by atoms with Crippen molar-refractivity contribution in [3.05, 3.63) is 80.8 Å². The van der Waals surface area contributed by atoms with Crippen LogP contribution in [0.2, 0.25) is 0 Å². The van der Waals surface area contributed by atoms with Crippen LogP contribution in [0, 0.1) is 24.0 Å². The first-order valence-corrected chi connectivity index (χ1v) is 9.50. The van der Waals surface area contributed by atoms with Crippen molar-refractivity contribution in [2.45, 2.75) is 26.8 Å². The molecule has 158 valence electrons. The van der Waals surface area contributed by atoms with Crippen LogP contribution in [-0.4, -0.2) is 30.7 Å². The fourth-order valence-electron chi connectivity index (χ4n) is 3.63. The molecule has 0 radical (unpaired) electrons. The lowest BCUT2D eigenvalue weighted by Crippen LogP contribution is -2.31. The molecule has 1 aliphatic rings. The minimum atomic E-state index is -0.775. The Morgan fingerprint density at radius 1 is 1.26 bits per heavy atom. The first-order chi connectivity index (χ1) is 14.8. The summed E-state index contributed by atoms with van der Waals surface area (Å²) in [5.41, 5.74) is 3.49. The number of nitro benzene ring substituents is 1. The maximum Gasteiger partial charge on any atom is 0.311 e. The van der Waals surface area contributed by atoms with Crippen molar-refractivity contribution in [1.29, 1.82) is 0 Å². The molecule has 1 unspecified atom stereocenters. The van der Waals surface area contributed by atoms with Crippen LogP contribution in [0.3, 0.4) is 0 Å². The van der Waals surface area contributed by atoms with Gasteiger partial charge in [0, 0.05) is 17.5 Å². The molecule has 31 heavy (non-hydrogen) atoms. The summed E-state index contributed by atoms with van der Waals surface area (Å²) in [7, 11) is 0. The van der Waals surface area contributed by atoms with E-state index in [4.69, 9.17) is 0 Å². The minimum absolute atomic E-state index is 0.332. The number of nitrogens with zero attached hydrogens (tertiary/aromatic N) is 4. The third-order valence-corrected chi connectivity index (χ3v) is 5.40. The number of nitrogens with one attached hydrogen (secondary N) is 2. The minimum Gasteiger partial charge on any atom is -0.502 e. The Bertz CT molecular complexity index is 1250. The first-order valence-electron chi connectivity index (χ1n) is 9.50. The van der Waals surface area contributed by atoms with E-state index in [0.717, 1.165) is 11.1 Å². The summed E-state index contributed by atoms with van der Waals surface area (Å²) in [5, 5.41) is 31.4. The molecular formula is C21H20N6O4. The van der Waals surface area contributed by atoms with E-state index < -0.39 is 22.4 Å². The average Bonchev–Trinajstić information content (AvgIpc) is 3.18. The van der Waals surface area contributed by atoms with Gasteiger partial charge in [-0.25, -0.2) is 4.68 Å². The van der Waals surface area contributed by atoms with E-state index in [-0.39, 0.29) is 5.91 Å². The number of allylic oxidation sites excluding steroid dienone is 1. The summed E-state index contributed by atoms with van der Waals surface area (Å²) in [6.45, 7) is 5.61. The smallest absolute Gasteiger partial charge is 0.311 e. The molecule has 10 heteroatoms. The lowest BCUT2D eigenvalue weighted by molar-refractivity contribution is -0.385. The fourth-order valence-corrected chi connectivity index (χ4v) is 3.63. The highest BCUT2D eigenvalue weighted by Gasteiger charge is 2.34. The molecule has 10 nitrogen and oxygen atoms in total.